The van der Waals surface area contributed by atoms with Crippen molar-refractivity contribution in [3.63, 3.8) is 0 Å². The Balaban J connectivity index is 1.32. The molecular formula is C26H23ClFN3O2S. The Hall–Kier alpha value is -3.03. The van der Waals surface area contributed by atoms with Crippen molar-refractivity contribution in [2.75, 3.05) is 26.2 Å². The zero-order valence-corrected chi connectivity index (χ0v) is 20.0. The number of aromatic hydroxyl groups is 1. The molecule has 2 aromatic rings. The molecule has 1 spiro atoms. The number of fused-ring (bicyclic) bond motifs is 1. The summed E-state index contributed by atoms with van der Waals surface area (Å²) in [6, 6.07) is 10.6. The van der Waals surface area contributed by atoms with Gasteiger partial charge in [-0.1, -0.05) is 55.1 Å². The topological polar surface area (TPSA) is 56.1 Å². The Morgan fingerprint density at radius 3 is 2.65 bits per heavy atom. The smallest absolute Gasteiger partial charge is 0.245 e. The Morgan fingerprint density at radius 2 is 1.91 bits per heavy atom. The van der Waals surface area contributed by atoms with Gasteiger partial charge in [0, 0.05) is 60.6 Å². The molecule has 2 aromatic carbocycles. The molecule has 2 aliphatic heterocycles. The van der Waals surface area contributed by atoms with Gasteiger partial charge in [-0.2, -0.15) is 0 Å². The van der Waals surface area contributed by atoms with E-state index in [0.717, 1.165) is 53.9 Å². The summed E-state index contributed by atoms with van der Waals surface area (Å²) in [6.07, 6.45) is 3.35. The first kappa shape index (κ1) is 22.7. The lowest BCUT2D eigenvalue weighted by Crippen LogP contribution is -2.72. The lowest BCUT2D eigenvalue weighted by Gasteiger charge is -2.60. The van der Waals surface area contributed by atoms with Gasteiger partial charge in [-0.05, 0) is 34.5 Å². The van der Waals surface area contributed by atoms with E-state index >= 15 is 4.39 Å². The van der Waals surface area contributed by atoms with Crippen LogP contribution in [0.1, 0.15) is 12.0 Å². The minimum Gasteiger partial charge on any atom is -0.508 e. The number of nitrogens with zero attached hydrogens (tertiary/aromatic N) is 3. The third kappa shape index (κ3) is 3.93. The SMILES string of the molecule is C=CC(=O)N1CC2(CN(C(=C)S/N=C3\CC=C(Cl)C(c4cc(O)cc5ccccc45)=C3F)C2)C1. The molecule has 3 aliphatic rings. The molecule has 2 fully saturated rings. The minimum absolute atomic E-state index is 0.0368. The monoisotopic (exact) mass is 495 g/mol. The van der Waals surface area contributed by atoms with Crippen molar-refractivity contribution in [1.82, 2.24) is 9.80 Å². The average molecular weight is 496 g/mol. The Kier molecular flexibility index (Phi) is 5.78. The van der Waals surface area contributed by atoms with Crippen molar-refractivity contribution in [2.24, 2.45) is 9.81 Å². The van der Waals surface area contributed by atoms with Crippen LogP contribution in [-0.4, -0.2) is 52.7 Å². The zero-order valence-electron chi connectivity index (χ0n) is 18.4. The molecular weight excluding hydrogens is 473 g/mol. The van der Waals surface area contributed by atoms with E-state index in [0.29, 0.717) is 10.6 Å². The summed E-state index contributed by atoms with van der Waals surface area (Å²) in [6.45, 7) is 10.7. The highest BCUT2D eigenvalue weighted by Gasteiger charge is 2.53. The molecule has 0 radical (unpaired) electrons. The largest absolute Gasteiger partial charge is 0.508 e. The highest BCUT2D eigenvalue weighted by molar-refractivity contribution is 8.01. The van der Waals surface area contributed by atoms with Crippen molar-refractivity contribution in [1.29, 1.82) is 0 Å². The highest BCUT2D eigenvalue weighted by atomic mass is 35.5. The lowest BCUT2D eigenvalue weighted by atomic mass is 9.73. The summed E-state index contributed by atoms with van der Waals surface area (Å²) in [5.41, 5.74) is 1.15. The van der Waals surface area contributed by atoms with Crippen LogP contribution in [0.5, 0.6) is 5.75 Å². The summed E-state index contributed by atoms with van der Waals surface area (Å²) in [4.78, 5) is 15.6. The Bertz CT molecular complexity index is 1320. The average Bonchev–Trinajstić information content (AvgIpc) is 2.76. The number of phenols is 1. The molecule has 5 rings (SSSR count). The third-order valence-corrected chi connectivity index (χ3v) is 7.63. The number of benzene rings is 2. The maximum Gasteiger partial charge on any atom is 0.245 e. The number of phenolic OH excluding ortho intramolecular Hbond substituents is 1. The second-order valence-corrected chi connectivity index (χ2v) is 10.2. The second kappa shape index (κ2) is 8.64. The van der Waals surface area contributed by atoms with E-state index < -0.39 is 5.83 Å². The van der Waals surface area contributed by atoms with Gasteiger partial charge in [-0.25, -0.2) is 8.79 Å². The third-order valence-electron chi connectivity index (χ3n) is 6.51. The molecule has 0 aromatic heterocycles. The van der Waals surface area contributed by atoms with Gasteiger partial charge < -0.3 is 14.9 Å². The normalized spacial score (nSPS) is 20.3. The number of hydrogen-bond donors (Lipinski definition) is 1. The number of hydrogen-bond acceptors (Lipinski definition) is 5. The van der Waals surface area contributed by atoms with Gasteiger partial charge in [-0.3, -0.25) is 4.79 Å². The van der Waals surface area contributed by atoms with E-state index in [1.54, 1.807) is 17.0 Å². The molecule has 1 aliphatic carbocycles. The number of allylic oxidation sites excluding steroid dienone is 4. The van der Waals surface area contributed by atoms with E-state index in [-0.39, 0.29) is 34.8 Å². The van der Waals surface area contributed by atoms with Gasteiger partial charge in [0.05, 0.1) is 10.7 Å². The quantitative estimate of drug-likeness (QED) is 0.430. The van der Waals surface area contributed by atoms with Crippen LogP contribution in [0.3, 0.4) is 0 Å². The van der Waals surface area contributed by atoms with Crippen LogP contribution in [0.15, 0.2) is 82.0 Å². The number of amides is 1. The van der Waals surface area contributed by atoms with Crippen LogP contribution < -0.4 is 0 Å². The first-order valence-electron chi connectivity index (χ1n) is 10.9. The van der Waals surface area contributed by atoms with Crippen LogP contribution in [-0.2, 0) is 4.79 Å². The number of rotatable bonds is 5. The molecule has 1 amide bonds. The van der Waals surface area contributed by atoms with E-state index in [1.807, 2.05) is 24.3 Å². The van der Waals surface area contributed by atoms with Crippen molar-refractivity contribution < 1.29 is 14.3 Å². The highest BCUT2D eigenvalue weighted by Crippen LogP contribution is 2.44. The fraction of sp³-hybridized carbons (Fsp3) is 0.231. The van der Waals surface area contributed by atoms with Gasteiger partial charge in [-0.15, -0.1) is 0 Å². The predicted octanol–water partition coefficient (Wildman–Crippen LogP) is 5.64. The standard InChI is InChI=1S/C26H23ClFN3O2S/c1-3-23(33)31-14-26(15-31)12-30(13-26)16(2)34-29-22-9-8-21(27)24(25(22)28)20-11-18(32)10-17-6-4-5-7-19(17)20/h3-8,10-11,32H,1-2,9,12-15H2/b29-22+. The number of carbonyl (C=O) groups excluding carboxylic acids is 1. The summed E-state index contributed by atoms with van der Waals surface area (Å²) in [5, 5.41) is 12.8. The molecule has 2 heterocycles. The Labute approximate surface area is 206 Å². The number of halogens is 2. The first-order valence-corrected chi connectivity index (χ1v) is 12.0. The van der Waals surface area contributed by atoms with Crippen LogP contribution in [0.25, 0.3) is 16.3 Å². The van der Waals surface area contributed by atoms with Gasteiger partial charge in [0.15, 0.2) is 5.83 Å². The van der Waals surface area contributed by atoms with Gasteiger partial charge in [0.1, 0.15) is 5.75 Å². The van der Waals surface area contributed by atoms with E-state index in [1.165, 1.54) is 12.1 Å². The van der Waals surface area contributed by atoms with Gasteiger partial charge in [0.25, 0.3) is 0 Å². The second-order valence-electron chi connectivity index (χ2n) is 8.94. The summed E-state index contributed by atoms with van der Waals surface area (Å²) in [5.74, 6) is -0.493. The van der Waals surface area contributed by atoms with E-state index in [4.69, 9.17) is 11.6 Å². The summed E-state index contributed by atoms with van der Waals surface area (Å²) < 4.78 is 20.1. The predicted molar refractivity (Wildman–Crippen MR) is 137 cm³/mol. The first-order chi connectivity index (χ1) is 16.3. The molecule has 0 bridgehead atoms. The van der Waals surface area contributed by atoms with Crippen LogP contribution >= 0.6 is 23.5 Å². The molecule has 34 heavy (non-hydrogen) atoms. The van der Waals surface area contributed by atoms with Crippen molar-refractivity contribution in [3.05, 3.63) is 83.2 Å². The van der Waals surface area contributed by atoms with E-state index in [2.05, 4.69) is 22.5 Å². The lowest BCUT2D eigenvalue weighted by molar-refractivity contribution is -0.149. The molecule has 1 N–H and O–H groups in total. The van der Waals surface area contributed by atoms with Crippen LogP contribution in [0, 0.1) is 5.41 Å². The fourth-order valence-corrected chi connectivity index (χ4v) is 5.68. The zero-order chi connectivity index (χ0) is 24.0. The molecule has 0 unspecified atom stereocenters. The number of likely N-dealkylation sites (tertiary alicyclic amines) is 2. The van der Waals surface area contributed by atoms with Crippen LogP contribution in [0.4, 0.5) is 4.39 Å². The molecule has 8 heteroatoms. The minimum atomic E-state index is -0.499. The maximum absolute atomic E-state index is 15.6. The fourth-order valence-electron chi connectivity index (χ4n) is 4.81. The van der Waals surface area contributed by atoms with Crippen molar-refractivity contribution in [2.45, 2.75) is 6.42 Å². The molecule has 2 saturated heterocycles. The molecule has 5 nitrogen and oxygen atoms in total. The van der Waals surface area contributed by atoms with Crippen molar-refractivity contribution in [3.8, 4) is 5.75 Å². The maximum atomic E-state index is 15.6. The molecule has 174 valence electrons. The van der Waals surface area contributed by atoms with Crippen LogP contribution in [0.2, 0.25) is 0 Å². The van der Waals surface area contributed by atoms with Gasteiger partial charge >= 0.3 is 0 Å². The number of carbonyl (C=O) groups is 1. The summed E-state index contributed by atoms with van der Waals surface area (Å²) in [7, 11) is 0. The molecule has 0 atom stereocenters. The Morgan fingerprint density at radius 1 is 1.21 bits per heavy atom. The van der Waals surface area contributed by atoms with Gasteiger partial charge in [0.2, 0.25) is 5.91 Å². The van der Waals surface area contributed by atoms with Crippen molar-refractivity contribution >= 4 is 51.5 Å². The summed E-state index contributed by atoms with van der Waals surface area (Å²) >= 11 is 7.58. The molecule has 0 saturated carbocycles. The van der Waals surface area contributed by atoms with E-state index in [9.17, 15) is 9.90 Å².